The Morgan fingerprint density at radius 3 is 2.07 bits per heavy atom. The number of nitrogens with zero attached hydrogens (tertiary/aromatic N) is 1. The number of rotatable bonds is 7. The molecule has 0 aliphatic carbocycles. The number of ether oxygens (including phenoxy) is 1. The monoisotopic (exact) mass is 397 g/mol. The zero-order chi connectivity index (χ0) is 21.4. The molecule has 2 aromatic rings. The van der Waals surface area contributed by atoms with E-state index < -0.39 is 22.9 Å². The van der Waals surface area contributed by atoms with E-state index >= 15 is 0 Å². The van der Waals surface area contributed by atoms with Crippen LogP contribution in [0.25, 0.3) is 6.08 Å². The molecule has 2 amide bonds. The van der Waals surface area contributed by atoms with Crippen molar-refractivity contribution in [2.75, 3.05) is 10.6 Å². The van der Waals surface area contributed by atoms with Gasteiger partial charge in [-0.3, -0.25) is 19.7 Å². The van der Waals surface area contributed by atoms with Gasteiger partial charge >= 0.3 is 5.97 Å². The number of hydrogen-bond acceptors (Lipinski definition) is 6. The molecule has 9 heteroatoms. The van der Waals surface area contributed by atoms with Gasteiger partial charge in [-0.1, -0.05) is 0 Å². The fourth-order valence-electron chi connectivity index (χ4n) is 2.22. The number of esters is 1. The number of benzene rings is 2. The maximum atomic E-state index is 12.1. The number of nitro benzene ring substituents is 1. The van der Waals surface area contributed by atoms with Gasteiger partial charge in [0.05, 0.1) is 4.92 Å². The Kier molecular flexibility index (Phi) is 7.19. The first kappa shape index (κ1) is 21.3. The Balaban J connectivity index is 1.87. The summed E-state index contributed by atoms with van der Waals surface area (Å²) in [6.45, 7) is 2.82. The van der Waals surface area contributed by atoms with Gasteiger partial charge in [-0.05, 0) is 55.0 Å². The van der Waals surface area contributed by atoms with Crippen molar-refractivity contribution in [1.29, 1.82) is 0 Å². The van der Waals surface area contributed by atoms with E-state index in [1.165, 1.54) is 44.2 Å². The van der Waals surface area contributed by atoms with Gasteiger partial charge in [0, 0.05) is 36.5 Å². The zero-order valence-electron chi connectivity index (χ0n) is 15.7. The van der Waals surface area contributed by atoms with E-state index in [0.717, 1.165) is 6.08 Å². The molecule has 0 aliphatic heterocycles. The van der Waals surface area contributed by atoms with Gasteiger partial charge in [0.25, 0.3) is 11.6 Å². The van der Waals surface area contributed by atoms with Crippen LogP contribution < -0.4 is 10.6 Å². The molecule has 0 radical (unpaired) electrons. The minimum absolute atomic E-state index is 0.0554. The average Bonchev–Trinajstić information content (AvgIpc) is 2.67. The molecule has 2 aromatic carbocycles. The van der Waals surface area contributed by atoms with Crippen LogP contribution in [0.3, 0.4) is 0 Å². The highest BCUT2D eigenvalue weighted by Crippen LogP contribution is 2.15. The van der Waals surface area contributed by atoms with Crippen molar-refractivity contribution >= 4 is 40.9 Å². The van der Waals surface area contributed by atoms with Gasteiger partial charge in [0.15, 0.2) is 6.10 Å². The van der Waals surface area contributed by atoms with Crippen molar-refractivity contribution in [1.82, 2.24) is 0 Å². The van der Waals surface area contributed by atoms with Crippen LogP contribution in [-0.2, 0) is 19.1 Å². The van der Waals surface area contributed by atoms with Gasteiger partial charge < -0.3 is 15.4 Å². The van der Waals surface area contributed by atoms with E-state index in [1.54, 1.807) is 24.3 Å². The highest BCUT2D eigenvalue weighted by Gasteiger charge is 2.16. The molecule has 0 fully saturated rings. The third kappa shape index (κ3) is 6.90. The van der Waals surface area contributed by atoms with E-state index in [1.807, 2.05) is 0 Å². The highest BCUT2D eigenvalue weighted by atomic mass is 16.6. The van der Waals surface area contributed by atoms with Crippen LogP contribution >= 0.6 is 0 Å². The van der Waals surface area contributed by atoms with Crippen LogP contribution in [0.15, 0.2) is 54.6 Å². The molecule has 0 heterocycles. The van der Waals surface area contributed by atoms with E-state index in [2.05, 4.69) is 10.6 Å². The lowest BCUT2D eigenvalue weighted by Gasteiger charge is -2.12. The zero-order valence-corrected chi connectivity index (χ0v) is 15.7. The molecule has 0 bridgehead atoms. The minimum Gasteiger partial charge on any atom is -0.449 e. The number of hydrogen-bond donors (Lipinski definition) is 2. The summed E-state index contributed by atoms with van der Waals surface area (Å²) in [6, 6.07) is 12.1. The Hall–Kier alpha value is -4.01. The molecular formula is C20H19N3O6. The highest BCUT2D eigenvalue weighted by molar-refractivity contribution is 5.97. The molecule has 2 N–H and O–H groups in total. The molecule has 0 aliphatic rings. The van der Waals surface area contributed by atoms with Gasteiger partial charge in [-0.2, -0.15) is 0 Å². The summed E-state index contributed by atoms with van der Waals surface area (Å²) < 4.78 is 5.04. The largest absolute Gasteiger partial charge is 0.449 e. The van der Waals surface area contributed by atoms with Crippen molar-refractivity contribution < 1.29 is 24.0 Å². The van der Waals surface area contributed by atoms with E-state index in [0.29, 0.717) is 16.9 Å². The second kappa shape index (κ2) is 9.79. The Morgan fingerprint density at radius 2 is 1.55 bits per heavy atom. The van der Waals surface area contributed by atoms with Crippen molar-refractivity contribution in [3.63, 3.8) is 0 Å². The molecule has 0 saturated heterocycles. The molecule has 1 unspecified atom stereocenters. The maximum Gasteiger partial charge on any atom is 0.331 e. The predicted octanol–water partition coefficient (Wildman–Crippen LogP) is 3.14. The molecule has 2 rings (SSSR count). The number of amides is 2. The summed E-state index contributed by atoms with van der Waals surface area (Å²) in [5.41, 5.74) is 1.59. The van der Waals surface area contributed by atoms with E-state index in [9.17, 15) is 24.5 Å². The van der Waals surface area contributed by atoms with E-state index in [4.69, 9.17) is 4.74 Å². The number of nitro groups is 1. The summed E-state index contributed by atoms with van der Waals surface area (Å²) in [6.07, 6.45) is 1.52. The molecule has 0 aromatic heterocycles. The number of carbonyl (C=O) groups excluding carboxylic acids is 3. The summed E-state index contributed by atoms with van der Waals surface area (Å²) >= 11 is 0. The molecule has 1 atom stereocenters. The summed E-state index contributed by atoms with van der Waals surface area (Å²) in [5, 5.41) is 15.8. The number of carbonyl (C=O) groups is 3. The first-order valence-corrected chi connectivity index (χ1v) is 8.56. The van der Waals surface area contributed by atoms with Gasteiger partial charge in [-0.25, -0.2) is 4.79 Å². The molecule has 9 nitrogen and oxygen atoms in total. The average molecular weight is 397 g/mol. The predicted molar refractivity (Wildman–Crippen MR) is 107 cm³/mol. The fourth-order valence-corrected chi connectivity index (χ4v) is 2.22. The molecule has 0 saturated carbocycles. The molecule has 150 valence electrons. The topological polar surface area (TPSA) is 128 Å². The Morgan fingerprint density at radius 1 is 1.00 bits per heavy atom. The second-order valence-corrected chi connectivity index (χ2v) is 6.01. The van der Waals surface area contributed by atoms with Crippen LogP contribution in [-0.4, -0.2) is 28.8 Å². The third-order valence-electron chi connectivity index (χ3n) is 3.65. The van der Waals surface area contributed by atoms with Crippen molar-refractivity contribution in [2.24, 2.45) is 0 Å². The molecule has 0 spiro atoms. The van der Waals surface area contributed by atoms with Gasteiger partial charge in [0.2, 0.25) is 5.91 Å². The van der Waals surface area contributed by atoms with Gasteiger partial charge in [0.1, 0.15) is 0 Å². The van der Waals surface area contributed by atoms with Gasteiger partial charge in [-0.15, -0.1) is 0 Å². The smallest absolute Gasteiger partial charge is 0.331 e. The Labute approximate surface area is 166 Å². The molecular weight excluding hydrogens is 378 g/mol. The lowest BCUT2D eigenvalue weighted by molar-refractivity contribution is -0.384. The van der Waals surface area contributed by atoms with Crippen molar-refractivity contribution in [2.45, 2.75) is 20.0 Å². The standard InChI is InChI=1S/C20H19N3O6/c1-13(20(26)22-17-8-6-16(7-9-17)21-14(2)24)29-19(25)12-5-15-3-10-18(11-4-15)23(27)28/h3-13H,1-2H3,(H,21,24)(H,22,26). The van der Waals surface area contributed by atoms with Crippen LogP contribution in [0, 0.1) is 10.1 Å². The minimum atomic E-state index is -1.04. The SMILES string of the molecule is CC(=O)Nc1ccc(NC(=O)C(C)OC(=O)C=Cc2ccc([N+](=O)[O-])cc2)cc1. The fraction of sp³-hybridized carbons (Fsp3) is 0.150. The molecule has 29 heavy (non-hydrogen) atoms. The normalized spacial score (nSPS) is 11.5. The van der Waals surface area contributed by atoms with Crippen molar-refractivity contribution in [3.8, 4) is 0 Å². The van der Waals surface area contributed by atoms with Crippen LogP contribution in [0.1, 0.15) is 19.4 Å². The number of anilines is 2. The summed E-state index contributed by atoms with van der Waals surface area (Å²) in [5.74, 6) is -1.45. The maximum absolute atomic E-state index is 12.1. The second-order valence-electron chi connectivity index (χ2n) is 6.01. The Bertz CT molecular complexity index is 936. The summed E-state index contributed by atoms with van der Waals surface area (Å²) in [7, 11) is 0. The summed E-state index contributed by atoms with van der Waals surface area (Å²) in [4.78, 5) is 45.1. The number of nitrogens with one attached hydrogen (secondary N) is 2. The van der Waals surface area contributed by atoms with Crippen molar-refractivity contribution in [3.05, 3.63) is 70.3 Å². The lowest BCUT2D eigenvalue weighted by Crippen LogP contribution is -2.29. The van der Waals surface area contributed by atoms with Crippen LogP contribution in [0.4, 0.5) is 17.1 Å². The van der Waals surface area contributed by atoms with Crippen LogP contribution in [0.2, 0.25) is 0 Å². The van der Waals surface area contributed by atoms with E-state index in [-0.39, 0.29) is 11.6 Å². The number of non-ortho nitro benzene ring substituents is 1. The first-order chi connectivity index (χ1) is 13.7. The quantitative estimate of drug-likeness (QED) is 0.320. The third-order valence-corrected chi connectivity index (χ3v) is 3.65. The lowest BCUT2D eigenvalue weighted by atomic mass is 10.2. The van der Waals surface area contributed by atoms with Crippen LogP contribution in [0.5, 0.6) is 0 Å². The first-order valence-electron chi connectivity index (χ1n) is 8.56.